The molecule has 3 heteroatoms. The first-order valence-corrected chi connectivity index (χ1v) is 11.2. The Labute approximate surface area is 173 Å². The average molecular weight is 397 g/mol. The van der Waals surface area contributed by atoms with E-state index in [2.05, 4.69) is 59.9 Å². The highest BCUT2D eigenvalue weighted by Crippen LogP contribution is 2.49. The lowest BCUT2D eigenvalue weighted by Gasteiger charge is -2.26. The lowest BCUT2D eigenvalue weighted by molar-refractivity contribution is -0.123. The summed E-state index contributed by atoms with van der Waals surface area (Å²) < 4.78 is 0. The summed E-state index contributed by atoms with van der Waals surface area (Å²) in [5, 5.41) is 6.90. The van der Waals surface area contributed by atoms with Gasteiger partial charge in [0, 0.05) is 0 Å². The molecule has 4 rings (SSSR count). The van der Waals surface area contributed by atoms with E-state index in [1.165, 1.54) is 15.9 Å². The van der Waals surface area contributed by atoms with E-state index in [0.717, 1.165) is 5.56 Å². The molecule has 2 atom stereocenters. The molecule has 3 aromatic carbocycles. The third-order valence-electron chi connectivity index (χ3n) is 5.12. The van der Waals surface area contributed by atoms with E-state index < -0.39 is 7.92 Å². The zero-order chi connectivity index (χ0) is 20.1. The zero-order valence-electron chi connectivity index (χ0n) is 16.4. The van der Waals surface area contributed by atoms with Gasteiger partial charge in [0.25, 0.3) is 0 Å². The second-order valence-corrected chi connectivity index (χ2v) is 9.32. The minimum absolute atomic E-state index is 0.0290. The molecule has 0 spiro atoms. The number of allylic oxidation sites excluding steroid dienone is 2. The fourth-order valence-electron chi connectivity index (χ4n) is 3.63. The standard InChI is InChI=1S/C26H24NOP/c1-20(21-12-5-2-6-13-21)27-26(28)24-18-11-19-25(24)29(22-14-7-3-8-15-22)23-16-9-4-10-17-23/h2-20,24H,1H3,(H,27,28)/t20-,24?/m0/s1. The van der Waals surface area contributed by atoms with Gasteiger partial charge in [-0.05, 0) is 36.3 Å². The Balaban J connectivity index is 1.61. The Morgan fingerprint density at radius 1 is 0.828 bits per heavy atom. The van der Waals surface area contributed by atoms with Crippen molar-refractivity contribution in [2.45, 2.75) is 13.0 Å². The van der Waals surface area contributed by atoms with Crippen molar-refractivity contribution >= 4 is 24.4 Å². The predicted octanol–water partition coefficient (Wildman–Crippen LogP) is 5.07. The zero-order valence-corrected chi connectivity index (χ0v) is 17.3. The van der Waals surface area contributed by atoms with Gasteiger partial charge in [0.15, 0.2) is 0 Å². The van der Waals surface area contributed by atoms with Crippen LogP contribution in [0.3, 0.4) is 0 Å². The lowest BCUT2D eigenvalue weighted by Crippen LogP contribution is -2.33. The molecule has 1 amide bonds. The first-order chi connectivity index (χ1) is 14.2. The molecule has 0 bridgehead atoms. The summed E-state index contributed by atoms with van der Waals surface area (Å²) in [6.07, 6.45) is 6.17. The molecular weight excluding hydrogens is 373 g/mol. The fraction of sp³-hybridized carbons (Fsp3) is 0.115. The molecule has 1 aliphatic carbocycles. The van der Waals surface area contributed by atoms with E-state index in [1.54, 1.807) is 0 Å². The summed E-state index contributed by atoms with van der Waals surface area (Å²) in [5.41, 5.74) is 1.11. The summed E-state index contributed by atoms with van der Waals surface area (Å²) in [7, 11) is -0.765. The van der Waals surface area contributed by atoms with Gasteiger partial charge in [-0.15, -0.1) is 0 Å². The van der Waals surface area contributed by atoms with Crippen molar-refractivity contribution in [2.24, 2.45) is 5.92 Å². The molecule has 0 radical (unpaired) electrons. The Hall–Kier alpha value is -2.96. The van der Waals surface area contributed by atoms with Gasteiger partial charge in [0.05, 0.1) is 12.0 Å². The van der Waals surface area contributed by atoms with Crippen molar-refractivity contribution < 1.29 is 4.79 Å². The molecule has 1 aliphatic rings. The van der Waals surface area contributed by atoms with E-state index in [4.69, 9.17) is 0 Å². The van der Waals surface area contributed by atoms with E-state index >= 15 is 0 Å². The molecule has 3 aromatic rings. The third kappa shape index (κ3) is 4.39. The molecule has 144 valence electrons. The van der Waals surface area contributed by atoms with Crippen molar-refractivity contribution in [1.29, 1.82) is 0 Å². The second-order valence-electron chi connectivity index (χ2n) is 7.10. The van der Waals surface area contributed by atoms with Crippen LogP contribution >= 0.6 is 7.92 Å². The number of hydrogen-bond acceptors (Lipinski definition) is 1. The van der Waals surface area contributed by atoms with E-state index in [1.807, 2.05) is 61.5 Å². The van der Waals surface area contributed by atoms with Gasteiger partial charge in [-0.25, -0.2) is 0 Å². The maximum absolute atomic E-state index is 13.2. The summed E-state index contributed by atoms with van der Waals surface area (Å²) in [6, 6.07) is 31.1. The quantitative estimate of drug-likeness (QED) is 0.579. The number of carbonyl (C=O) groups excluding carboxylic acids is 1. The van der Waals surface area contributed by atoms with Crippen LogP contribution in [0.5, 0.6) is 0 Å². The van der Waals surface area contributed by atoms with Gasteiger partial charge in [0.2, 0.25) is 5.91 Å². The Morgan fingerprint density at radius 3 is 1.90 bits per heavy atom. The number of rotatable bonds is 6. The molecule has 1 N–H and O–H groups in total. The van der Waals surface area contributed by atoms with Crippen LogP contribution in [-0.2, 0) is 4.79 Å². The van der Waals surface area contributed by atoms with Gasteiger partial charge in [-0.2, -0.15) is 0 Å². The Morgan fingerprint density at radius 2 is 1.34 bits per heavy atom. The highest BCUT2D eigenvalue weighted by atomic mass is 31.1. The molecule has 0 saturated heterocycles. The molecule has 0 aromatic heterocycles. The minimum atomic E-state index is -0.765. The highest BCUT2D eigenvalue weighted by molar-refractivity contribution is 7.76. The smallest absolute Gasteiger partial charge is 0.231 e. The maximum Gasteiger partial charge on any atom is 0.231 e. The topological polar surface area (TPSA) is 29.1 Å². The maximum atomic E-state index is 13.2. The molecule has 0 heterocycles. The predicted molar refractivity (Wildman–Crippen MR) is 123 cm³/mol. The van der Waals surface area contributed by atoms with Crippen molar-refractivity contribution in [3.8, 4) is 0 Å². The summed E-state index contributed by atoms with van der Waals surface area (Å²) >= 11 is 0. The first kappa shape index (κ1) is 19.4. The second kappa shape index (κ2) is 9.03. The minimum Gasteiger partial charge on any atom is -0.349 e. The van der Waals surface area contributed by atoms with Crippen molar-refractivity contribution in [3.63, 3.8) is 0 Å². The monoisotopic (exact) mass is 397 g/mol. The molecule has 0 fully saturated rings. The fourth-order valence-corrected chi connectivity index (χ4v) is 6.18. The third-order valence-corrected chi connectivity index (χ3v) is 7.69. The normalized spacial score (nSPS) is 16.5. The first-order valence-electron chi connectivity index (χ1n) is 9.88. The Bertz CT molecular complexity index is 973. The molecule has 0 saturated carbocycles. The van der Waals surface area contributed by atoms with E-state index in [9.17, 15) is 4.79 Å². The Kier molecular flexibility index (Phi) is 6.03. The summed E-state index contributed by atoms with van der Waals surface area (Å²) in [4.78, 5) is 13.2. The van der Waals surface area contributed by atoms with Gasteiger partial charge >= 0.3 is 0 Å². The number of hydrogen-bond donors (Lipinski definition) is 1. The largest absolute Gasteiger partial charge is 0.349 e. The molecule has 0 aliphatic heterocycles. The molecule has 29 heavy (non-hydrogen) atoms. The van der Waals surface area contributed by atoms with Gasteiger partial charge in [-0.1, -0.05) is 109 Å². The lowest BCUT2D eigenvalue weighted by atomic mass is 10.1. The van der Waals surface area contributed by atoms with Gasteiger partial charge in [-0.3, -0.25) is 4.79 Å². The van der Waals surface area contributed by atoms with Crippen LogP contribution in [0.4, 0.5) is 0 Å². The molecular formula is C26H24NOP. The highest BCUT2D eigenvalue weighted by Gasteiger charge is 2.31. The average Bonchev–Trinajstić information content (AvgIpc) is 3.25. The summed E-state index contributed by atoms with van der Waals surface area (Å²) in [5.74, 6) is -0.187. The summed E-state index contributed by atoms with van der Waals surface area (Å²) in [6.45, 7) is 2.03. The van der Waals surface area contributed by atoms with E-state index in [-0.39, 0.29) is 17.9 Å². The van der Waals surface area contributed by atoms with Crippen LogP contribution in [0, 0.1) is 5.92 Å². The number of benzene rings is 3. The molecule has 2 nitrogen and oxygen atoms in total. The van der Waals surface area contributed by atoms with Crippen molar-refractivity contribution in [1.82, 2.24) is 5.32 Å². The number of amides is 1. The van der Waals surface area contributed by atoms with Gasteiger partial charge < -0.3 is 5.32 Å². The molecule has 1 unspecified atom stereocenters. The van der Waals surface area contributed by atoms with Crippen LogP contribution in [0.1, 0.15) is 18.5 Å². The van der Waals surface area contributed by atoms with Crippen LogP contribution in [-0.4, -0.2) is 5.91 Å². The van der Waals surface area contributed by atoms with Crippen LogP contribution in [0.15, 0.2) is 115 Å². The number of carbonyl (C=O) groups is 1. The van der Waals surface area contributed by atoms with Crippen LogP contribution in [0.2, 0.25) is 0 Å². The SMILES string of the molecule is C[C@H](NC(=O)C1C=CC=C1P(c1ccccc1)c1ccccc1)c1ccccc1. The van der Waals surface area contributed by atoms with Crippen LogP contribution < -0.4 is 15.9 Å². The van der Waals surface area contributed by atoms with Gasteiger partial charge in [0.1, 0.15) is 0 Å². The van der Waals surface area contributed by atoms with E-state index in [0.29, 0.717) is 0 Å². The van der Waals surface area contributed by atoms with Crippen molar-refractivity contribution in [2.75, 3.05) is 0 Å². The van der Waals surface area contributed by atoms with Crippen LogP contribution in [0.25, 0.3) is 0 Å². The van der Waals surface area contributed by atoms with Crippen molar-refractivity contribution in [3.05, 3.63) is 120 Å². The number of nitrogens with one attached hydrogen (secondary N) is 1.